The summed E-state index contributed by atoms with van der Waals surface area (Å²) in [6, 6.07) is 20.8. The molecule has 4 aromatic rings. The average Bonchev–Trinajstić information content (AvgIpc) is 3.47. The molecule has 1 N–H and O–H groups in total. The number of nitrogens with zero attached hydrogens (tertiary/aromatic N) is 2. The lowest BCUT2D eigenvalue weighted by Gasteiger charge is -2.42. The molecule has 0 fully saturated rings. The van der Waals surface area contributed by atoms with E-state index >= 15 is 0 Å². The Hall–Kier alpha value is -3.00. The van der Waals surface area contributed by atoms with Gasteiger partial charge in [-0.05, 0) is 15.4 Å². The Morgan fingerprint density at radius 1 is 0.968 bits per heavy atom. The van der Waals surface area contributed by atoms with Crippen molar-refractivity contribution in [1.82, 2.24) is 9.97 Å². The smallest absolute Gasteiger partial charge is 0.261 e. The van der Waals surface area contributed by atoms with Gasteiger partial charge in [-0.2, -0.15) is 0 Å². The second kappa shape index (κ2) is 8.62. The molecule has 0 radical (unpaired) electrons. The Balaban J connectivity index is 1.68. The van der Waals surface area contributed by atoms with E-state index in [-0.39, 0.29) is 23.3 Å². The van der Waals surface area contributed by atoms with Crippen LogP contribution in [0.4, 0.5) is 0 Å². The van der Waals surface area contributed by atoms with Crippen molar-refractivity contribution >= 4 is 18.7 Å². The van der Waals surface area contributed by atoms with E-state index in [1.807, 2.05) is 12.1 Å². The molecule has 0 aliphatic carbocycles. The third kappa shape index (κ3) is 4.12. The van der Waals surface area contributed by atoms with Gasteiger partial charge in [0.25, 0.3) is 8.32 Å². The molecule has 2 aromatic heterocycles. The molecule has 4 rings (SSSR count). The number of hydrogen-bond donors (Lipinski definition) is 1. The van der Waals surface area contributed by atoms with Crippen LogP contribution in [0.3, 0.4) is 0 Å². The van der Waals surface area contributed by atoms with Crippen molar-refractivity contribution in [2.24, 2.45) is 0 Å². The fourth-order valence-electron chi connectivity index (χ4n) is 3.94. The summed E-state index contributed by atoms with van der Waals surface area (Å²) in [6.07, 6.45) is 3.11. The second-order valence-electron chi connectivity index (χ2n) is 8.44. The van der Waals surface area contributed by atoms with E-state index in [1.165, 1.54) is 29.2 Å². The molecule has 2 aromatic carbocycles. The van der Waals surface area contributed by atoms with Gasteiger partial charge >= 0.3 is 0 Å². The van der Waals surface area contributed by atoms with Crippen molar-refractivity contribution in [2.45, 2.75) is 38.5 Å². The summed E-state index contributed by atoms with van der Waals surface area (Å²) >= 11 is 0. The summed E-state index contributed by atoms with van der Waals surface area (Å²) < 4.78 is 17.5. The molecule has 6 nitrogen and oxygen atoms in total. The van der Waals surface area contributed by atoms with Crippen LogP contribution in [0.5, 0.6) is 0 Å². The summed E-state index contributed by atoms with van der Waals surface area (Å²) in [5.41, 5.74) is 0.613. The van der Waals surface area contributed by atoms with Crippen LogP contribution in [-0.4, -0.2) is 23.4 Å². The molecule has 0 spiro atoms. The Bertz CT molecular complexity index is 1050. The Labute approximate surface area is 182 Å². The van der Waals surface area contributed by atoms with E-state index in [0.717, 1.165) is 0 Å². The first-order valence-electron chi connectivity index (χ1n) is 10.2. The highest BCUT2D eigenvalue weighted by Gasteiger charge is 2.50. The van der Waals surface area contributed by atoms with Crippen molar-refractivity contribution in [2.75, 3.05) is 0 Å². The van der Waals surface area contributed by atoms with Crippen molar-refractivity contribution in [1.29, 1.82) is 0 Å². The van der Waals surface area contributed by atoms with Crippen molar-refractivity contribution in [3.05, 3.63) is 96.9 Å². The third-order valence-electron chi connectivity index (χ3n) is 5.38. The number of rotatable bonds is 7. The first-order valence-corrected chi connectivity index (χ1v) is 12.1. The molecule has 0 aliphatic heterocycles. The Morgan fingerprint density at radius 3 is 2.10 bits per heavy atom. The molecule has 2 heterocycles. The van der Waals surface area contributed by atoms with Crippen LogP contribution in [0.2, 0.25) is 5.04 Å². The topological polar surface area (TPSA) is 81.5 Å². The van der Waals surface area contributed by atoms with Crippen LogP contribution < -0.4 is 10.4 Å². The van der Waals surface area contributed by atoms with Gasteiger partial charge in [-0.25, -0.2) is 9.97 Å². The normalized spacial score (nSPS) is 13.3. The van der Waals surface area contributed by atoms with E-state index in [1.54, 1.807) is 0 Å². The maximum Gasteiger partial charge on any atom is 0.261 e. The predicted octanol–water partition coefficient (Wildman–Crippen LogP) is 3.82. The zero-order valence-electron chi connectivity index (χ0n) is 17.9. The molecule has 0 unspecified atom stereocenters. The lowest BCUT2D eigenvalue weighted by Crippen LogP contribution is -2.66. The minimum atomic E-state index is -2.68. The number of benzene rings is 2. The van der Waals surface area contributed by atoms with Gasteiger partial charge < -0.3 is 18.4 Å². The highest BCUT2D eigenvalue weighted by atomic mass is 28.4. The minimum Gasteiger partial charge on any atom is -0.445 e. The van der Waals surface area contributed by atoms with Gasteiger partial charge in [-0.1, -0.05) is 81.4 Å². The van der Waals surface area contributed by atoms with Crippen molar-refractivity contribution < 1.29 is 18.4 Å². The van der Waals surface area contributed by atoms with Gasteiger partial charge in [-0.15, -0.1) is 0 Å². The van der Waals surface area contributed by atoms with E-state index in [2.05, 4.69) is 79.3 Å². The van der Waals surface area contributed by atoms with Gasteiger partial charge in [0, 0.05) is 0 Å². The molecule has 1 atom stereocenters. The molecule has 31 heavy (non-hydrogen) atoms. The van der Waals surface area contributed by atoms with Crippen LogP contribution >= 0.6 is 0 Å². The number of aliphatic hydroxyl groups excluding tert-OH is 1. The average molecular weight is 435 g/mol. The van der Waals surface area contributed by atoms with Crippen LogP contribution in [-0.2, 0) is 11.0 Å². The van der Waals surface area contributed by atoms with E-state index in [4.69, 9.17) is 13.3 Å². The number of hydrogen-bond acceptors (Lipinski definition) is 6. The number of aliphatic hydroxyl groups is 1. The first-order chi connectivity index (χ1) is 14.9. The van der Waals surface area contributed by atoms with Crippen molar-refractivity contribution in [3.63, 3.8) is 0 Å². The Morgan fingerprint density at radius 2 is 1.58 bits per heavy atom. The molecule has 0 saturated heterocycles. The van der Waals surface area contributed by atoms with Gasteiger partial charge in [0.15, 0.2) is 18.3 Å². The van der Waals surface area contributed by atoms with Gasteiger partial charge in [0.2, 0.25) is 5.89 Å². The van der Waals surface area contributed by atoms with Crippen molar-refractivity contribution in [3.8, 4) is 0 Å². The maximum atomic E-state index is 10.4. The third-order valence-corrected chi connectivity index (χ3v) is 10.4. The molecular weight excluding hydrogens is 408 g/mol. The molecule has 0 amide bonds. The summed E-state index contributed by atoms with van der Waals surface area (Å²) in [6.45, 7) is 6.93. The predicted molar refractivity (Wildman–Crippen MR) is 119 cm³/mol. The lowest BCUT2D eigenvalue weighted by molar-refractivity contribution is 0.156. The van der Waals surface area contributed by atoms with Crippen LogP contribution in [0.15, 0.2) is 88.4 Å². The SMILES string of the molecule is CC(C)(C)[Si](OCc1coc([C@@H](O)c2cnco2)n1)(c1ccccc1)c1ccccc1. The van der Waals surface area contributed by atoms with Gasteiger partial charge in [-0.3, -0.25) is 0 Å². The minimum absolute atomic E-state index is 0.137. The standard InChI is InChI=1S/C24H26N2O4Si/c1-24(2,3)31(19-10-6-4-7-11-19,20-12-8-5-9-13-20)30-16-18-15-28-23(26-18)22(27)21-14-25-17-29-21/h4-15,17,22,27H,16H2,1-3H3/t22-/m0/s1. The fourth-order valence-corrected chi connectivity index (χ4v) is 8.46. The fraction of sp³-hybridized carbons (Fsp3) is 0.250. The molecule has 0 saturated carbocycles. The maximum absolute atomic E-state index is 10.4. The summed E-state index contributed by atoms with van der Waals surface area (Å²) in [4.78, 5) is 8.25. The monoisotopic (exact) mass is 434 g/mol. The highest BCUT2D eigenvalue weighted by Crippen LogP contribution is 2.37. The van der Waals surface area contributed by atoms with E-state index < -0.39 is 14.4 Å². The highest BCUT2D eigenvalue weighted by molar-refractivity contribution is 6.99. The summed E-state index contributed by atoms with van der Waals surface area (Å²) in [5.74, 6) is 0.430. The Kier molecular flexibility index (Phi) is 5.91. The molecular formula is C24H26N2O4Si. The summed E-state index contributed by atoms with van der Waals surface area (Å²) in [5, 5.41) is 12.6. The zero-order valence-corrected chi connectivity index (χ0v) is 18.9. The first kappa shape index (κ1) is 21.2. The summed E-state index contributed by atoms with van der Waals surface area (Å²) in [7, 11) is -2.68. The zero-order chi connectivity index (χ0) is 21.9. The van der Waals surface area contributed by atoms with Gasteiger partial charge in [0.05, 0.1) is 12.8 Å². The van der Waals surface area contributed by atoms with E-state index in [9.17, 15) is 5.11 Å². The number of aromatic nitrogens is 2. The van der Waals surface area contributed by atoms with E-state index in [0.29, 0.717) is 5.69 Å². The quantitative estimate of drug-likeness (QED) is 0.445. The molecule has 0 aliphatic rings. The van der Waals surface area contributed by atoms with Crippen LogP contribution in [0.25, 0.3) is 0 Å². The molecule has 7 heteroatoms. The van der Waals surface area contributed by atoms with Gasteiger partial charge in [0.1, 0.15) is 12.0 Å². The lowest BCUT2D eigenvalue weighted by atomic mass is 10.2. The second-order valence-corrected chi connectivity index (χ2v) is 12.7. The molecule has 160 valence electrons. The largest absolute Gasteiger partial charge is 0.445 e. The number of oxazole rings is 2. The van der Waals surface area contributed by atoms with Crippen LogP contribution in [0.1, 0.15) is 44.2 Å². The molecule has 0 bridgehead atoms. The van der Waals surface area contributed by atoms with Crippen LogP contribution in [0, 0.1) is 0 Å².